The first-order chi connectivity index (χ1) is 8.31. The van der Waals surface area contributed by atoms with Gasteiger partial charge in [-0.1, -0.05) is 0 Å². The van der Waals surface area contributed by atoms with Crippen LogP contribution in [0.5, 0.6) is 0 Å². The van der Waals surface area contributed by atoms with Crippen LogP contribution in [0.1, 0.15) is 33.4 Å². The Hall–Kier alpha value is -1.20. The molecule has 2 heterocycles. The Morgan fingerprint density at radius 3 is 2.22 bits per heavy atom. The first-order valence-electron chi connectivity index (χ1n) is 6.18. The number of hydrogen-bond donors (Lipinski definition) is 1. The Morgan fingerprint density at radius 1 is 1.17 bits per heavy atom. The Bertz CT molecular complexity index is 399. The summed E-state index contributed by atoms with van der Waals surface area (Å²) in [6.45, 7) is 9.81. The molecule has 1 N–H and O–H groups in total. The summed E-state index contributed by atoms with van der Waals surface area (Å²) in [7, 11) is 0. The van der Waals surface area contributed by atoms with E-state index in [1.54, 1.807) is 12.4 Å². The van der Waals surface area contributed by atoms with Crippen molar-refractivity contribution >= 4 is 5.82 Å². The second-order valence-corrected chi connectivity index (χ2v) is 6.00. The summed E-state index contributed by atoms with van der Waals surface area (Å²) in [6.07, 6.45) is 3.33. The normalized spacial score (nSPS) is 21.9. The zero-order chi connectivity index (χ0) is 13.4. The Morgan fingerprint density at radius 2 is 1.78 bits per heavy atom. The lowest BCUT2D eigenvalue weighted by atomic mass is 9.99. The van der Waals surface area contributed by atoms with E-state index in [1.165, 1.54) is 0 Å². The van der Waals surface area contributed by atoms with E-state index in [2.05, 4.69) is 42.6 Å². The minimum Gasteiger partial charge on any atom is -0.390 e. The minimum absolute atomic E-state index is 0.0760. The molecule has 0 radical (unpaired) electrons. The number of morpholine rings is 1. The van der Waals surface area contributed by atoms with Gasteiger partial charge in [-0.15, -0.1) is 0 Å². The molecule has 2 rings (SSSR count). The summed E-state index contributed by atoms with van der Waals surface area (Å²) in [5, 5.41) is 8.97. The van der Waals surface area contributed by atoms with Crippen LogP contribution >= 0.6 is 0 Å². The maximum absolute atomic E-state index is 8.97. The smallest absolute Gasteiger partial charge is 0.147 e. The van der Waals surface area contributed by atoms with Crippen LogP contribution in [0.15, 0.2) is 12.4 Å². The van der Waals surface area contributed by atoms with E-state index in [1.807, 2.05) is 0 Å². The topological polar surface area (TPSA) is 58.5 Å². The number of aromatic nitrogens is 2. The summed E-state index contributed by atoms with van der Waals surface area (Å²) in [5.41, 5.74) is 0.170. The number of ether oxygens (including phenoxy) is 1. The number of aliphatic hydroxyl groups excluding tert-OH is 1. The van der Waals surface area contributed by atoms with Crippen molar-refractivity contribution in [1.29, 1.82) is 0 Å². The summed E-state index contributed by atoms with van der Waals surface area (Å²) in [6, 6.07) is 0. The SMILES string of the molecule is CC1(C)CN(c2cnc(CO)cn2)CC(C)(C)O1. The average Bonchev–Trinajstić information content (AvgIpc) is 2.25. The lowest BCUT2D eigenvalue weighted by Crippen LogP contribution is -2.57. The van der Waals surface area contributed by atoms with E-state index >= 15 is 0 Å². The first-order valence-corrected chi connectivity index (χ1v) is 6.18. The van der Waals surface area contributed by atoms with Crippen molar-refractivity contribution in [2.45, 2.75) is 45.5 Å². The third-order valence-corrected chi connectivity index (χ3v) is 2.87. The molecule has 1 aromatic heterocycles. The lowest BCUT2D eigenvalue weighted by molar-refractivity contribution is -0.133. The fourth-order valence-electron chi connectivity index (χ4n) is 2.54. The zero-order valence-corrected chi connectivity index (χ0v) is 11.5. The molecular weight excluding hydrogens is 230 g/mol. The van der Waals surface area contributed by atoms with Gasteiger partial charge in [-0.3, -0.25) is 4.98 Å². The highest BCUT2D eigenvalue weighted by atomic mass is 16.5. The van der Waals surface area contributed by atoms with Crippen molar-refractivity contribution in [3.63, 3.8) is 0 Å². The number of aliphatic hydroxyl groups is 1. The van der Waals surface area contributed by atoms with Gasteiger partial charge in [0.15, 0.2) is 0 Å². The van der Waals surface area contributed by atoms with Crippen LogP contribution < -0.4 is 4.90 Å². The molecule has 0 unspecified atom stereocenters. The van der Waals surface area contributed by atoms with Gasteiger partial charge in [0.1, 0.15) is 5.82 Å². The molecule has 1 saturated heterocycles. The predicted octanol–water partition coefficient (Wildman–Crippen LogP) is 1.36. The standard InChI is InChI=1S/C13H21N3O2/c1-12(2)8-16(9-13(3,4)18-12)11-6-14-10(7-17)5-15-11/h5-6,17H,7-9H2,1-4H3. The number of rotatable bonds is 2. The third-order valence-electron chi connectivity index (χ3n) is 2.87. The fourth-order valence-corrected chi connectivity index (χ4v) is 2.54. The van der Waals surface area contributed by atoms with E-state index in [0.29, 0.717) is 5.69 Å². The van der Waals surface area contributed by atoms with Crippen molar-refractivity contribution in [2.75, 3.05) is 18.0 Å². The van der Waals surface area contributed by atoms with Crippen molar-refractivity contribution in [3.05, 3.63) is 18.1 Å². The van der Waals surface area contributed by atoms with Crippen LogP contribution in [0, 0.1) is 0 Å². The summed E-state index contributed by atoms with van der Waals surface area (Å²) >= 11 is 0. The molecule has 0 amide bonds. The highest BCUT2D eigenvalue weighted by Gasteiger charge is 2.38. The Balaban J connectivity index is 2.21. The van der Waals surface area contributed by atoms with E-state index in [-0.39, 0.29) is 17.8 Å². The molecule has 5 nitrogen and oxygen atoms in total. The van der Waals surface area contributed by atoms with Gasteiger partial charge in [0, 0.05) is 13.1 Å². The predicted molar refractivity (Wildman–Crippen MR) is 69.4 cm³/mol. The van der Waals surface area contributed by atoms with E-state index in [0.717, 1.165) is 18.9 Å². The average molecular weight is 251 g/mol. The maximum Gasteiger partial charge on any atom is 0.147 e. The first kappa shape index (κ1) is 13.2. The van der Waals surface area contributed by atoms with Crippen LogP contribution in [0.3, 0.4) is 0 Å². The van der Waals surface area contributed by atoms with Crippen molar-refractivity contribution < 1.29 is 9.84 Å². The summed E-state index contributed by atoms with van der Waals surface area (Å²) < 4.78 is 6.03. The van der Waals surface area contributed by atoms with Gasteiger partial charge in [-0.05, 0) is 27.7 Å². The zero-order valence-electron chi connectivity index (χ0n) is 11.5. The third kappa shape index (κ3) is 2.97. The summed E-state index contributed by atoms with van der Waals surface area (Å²) in [5.74, 6) is 0.830. The van der Waals surface area contributed by atoms with Crippen LogP contribution in [0.2, 0.25) is 0 Å². The molecule has 0 atom stereocenters. The molecule has 1 aliphatic rings. The molecule has 100 valence electrons. The quantitative estimate of drug-likeness (QED) is 0.860. The van der Waals surface area contributed by atoms with Gasteiger partial charge in [-0.2, -0.15) is 0 Å². The second-order valence-electron chi connectivity index (χ2n) is 6.00. The van der Waals surface area contributed by atoms with Gasteiger partial charge in [0.25, 0.3) is 0 Å². The molecule has 0 spiro atoms. The Labute approximate surface area is 108 Å². The van der Waals surface area contributed by atoms with E-state index in [4.69, 9.17) is 9.84 Å². The largest absolute Gasteiger partial charge is 0.390 e. The highest BCUT2D eigenvalue weighted by Crippen LogP contribution is 2.30. The van der Waals surface area contributed by atoms with Crippen molar-refractivity contribution in [1.82, 2.24) is 9.97 Å². The molecule has 1 aromatic rings. The van der Waals surface area contributed by atoms with Gasteiger partial charge in [-0.25, -0.2) is 4.98 Å². The van der Waals surface area contributed by atoms with Crippen molar-refractivity contribution in [3.8, 4) is 0 Å². The molecule has 5 heteroatoms. The molecule has 0 aromatic carbocycles. The van der Waals surface area contributed by atoms with Crippen molar-refractivity contribution in [2.24, 2.45) is 0 Å². The monoisotopic (exact) mass is 251 g/mol. The molecule has 18 heavy (non-hydrogen) atoms. The molecular formula is C13H21N3O2. The van der Waals surface area contributed by atoms with E-state index in [9.17, 15) is 0 Å². The highest BCUT2D eigenvalue weighted by molar-refractivity contribution is 5.38. The van der Waals surface area contributed by atoms with Gasteiger partial charge in [0.2, 0.25) is 0 Å². The number of anilines is 1. The minimum atomic E-state index is -0.209. The number of nitrogens with zero attached hydrogens (tertiary/aromatic N) is 3. The van der Waals surface area contributed by atoms with Gasteiger partial charge in [0.05, 0.1) is 35.9 Å². The van der Waals surface area contributed by atoms with Crippen LogP contribution in [-0.2, 0) is 11.3 Å². The van der Waals surface area contributed by atoms with E-state index < -0.39 is 0 Å². The molecule has 0 aliphatic carbocycles. The van der Waals surface area contributed by atoms with Crippen LogP contribution in [-0.4, -0.2) is 39.4 Å². The van der Waals surface area contributed by atoms with Gasteiger partial charge < -0.3 is 14.7 Å². The Kier molecular flexibility index (Phi) is 3.29. The summed E-state index contributed by atoms with van der Waals surface area (Å²) in [4.78, 5) is 10.7. The molecule has 0 saturated carbocycles. The molecule has 1 fully saturated rings. The molecule has 1 aliphatic heterocycles. The fraction of sp³-hybridized carbons (Fsp3) is 0.692. The lowest BCUT2D eigenvalue weighted by Gasteiger charge is -2.47. The van der Waals surface area contributed by atoms with Gasteiger partial charge >= 0.3 is 0 Å². The van der Waals surface area contributed by atoms with Crippen LogP contribution in [0.25, 0.3) is 0 Å². The second kappa shape index (κ2) is 4.48. The maximum atomic E-state index is 8.97. The molecule has 0 bridgehead atoms. The van der Waals surface area contributed by atoms with Crippen LogP contribution in [0.4, 0.5) is 5.82 Å². The number of hydrogen-bond acceptors (Lipinski definition) is 5.